The minimum atomic E-state index is -0.176. The first kappa shape index (κ1) is 22.5. The first-order valence-electron chi connectivity index (χ1n) is 11.3. The lowest BCUT2D eigenvalue weighted by atomic mass is 10.1. The second-order valence-electron chi connectivity index (χ2n) is 8.38. The minimum absolute atomic E-state index is 0.105. The van der Waals surface area contributed by atoms with E-state index < -0.39 is 0 Å². The number of carbonyl (C=O) groups is 1. The van der Waals surface area contributed by atoms with Crippen LogP contribution in [0.15, 0.2) is 53.3 Å². The Morgan fingerprint density at radius 2 is 1.61 bits per heavy atom. The van der Waals surface area contributed by atoms with Crippen molar-refractivity contribution < 1.29 is 4.79 Å². The van der Waals surface area contributed by atoms with Crippen LogP contribution in [-0.2, 0) is 24.3 Å². The number of hydrogen-bond acceptors (Lipinski definition) is 4. The molecule has 1 N–H and O–H groups in total. The summed E-state index contributed by atoms with van der Waals surface area (Å²) in [5, 5.41) is 7.58. The quantitative estimate of drug-likeness (QED) is 0.471. The summed E-state index contributed by atoms with van der Waals surface area (Å²) in [5.74, 6) is -0.105. The second-order valence-corrected chi connectivity index (χ2v) is 8.38. The molecule has 0 spiro atoms. The normalized spacial score (nSPS) is 11.2. The SMILES string of the molecule is CCn1c(=O)c(CCC(=O)NCc2ccc(C)cc2)nc2c(C)nn(-c3ccc(C)cc3)c21. The molecule has 2 heterocycles. The maximum atomic E-state index is 13.2. The van der Waals surface area contributed by atoms with Gasteiger partial charge in [-0.05, 0) is 45.4 Å². The van der Waals surface area contributed by atoms with Gasteiger partial charge in [0.1, 0.15) is 11.2 Å². The molecule has 170 valence electrons. The molecule has 0 saturated heterocycles. The molecule has 0 aliphatic carbocycles. The van der Waals surface area contributed by atoms with Crippen LogP contribution in [0, 0.1) is 20.8 Å². The Kier molecular flexibility index (Phi) is 6.40. The number of nitrogens with zero attached hydrogens (tertiary/aromatic N) is 4. The Balaban J connectivity index is 1.57. The zero-order valence-electron chi connectivity index (χ0n) is 19.6. The minimum Gasteiger partial charge on any atom is -0.352 e. The molecule has 1 amide bonds. The van der Waals surface area contributed by atoms with Crippen molar-refractivity contribution in [1.82, 2.24) is 24.6 Å². The average Bonchev–Trinajstić information content (AvgIpc) is 3.13. The molecule has 0 bridgehead atoms. The number of amides is 1. The molecule has 0 aliphatic heterocycles. The van der Waals surface area contributed by atoms with E-state index in [0.29, 0.717) is 29.9 Å². The van der Waals surface area contributed by atoms with Crippen LogP contribution in [0.5, 0.6) is 0 Å². The van der Waals surface area contributed by atoms with E-state index in [2.05, 4.69) is 15.4 Å². The van der Waals surface area contributed by atoms with E-state index in [1.165, 1.54) is 5.56 Å². The van der Waals surface area contributed by atoms with Crippen molar-refractivity contribution >= 4 is 17.1 Å². The molecular formula is C26H29N5O2. The Morgan fingerprint density at radius 3 is 2.24 bits per heavy atom. The van der Waals surface area contributed by atoms with Gasteiger partial charge in [-0.3, -0.25) is 14.2 Å². The van der Waals surface area contributed by atoms with Crippen molar-refractivity contribution in [1.29, 1.82) is 0 Å². The maximum Gasteiger partial charge on any atom is 0.273 e. The fraction of sp³-hybridized carbons (Fsp3) is 0.308. The van der Waals surface area contributed by atoms with E-state index in [1.807, 2.05) is 76.2 Å². The zero-order chi connectivity index (χ0) is 23.5. The number of hydrogen-bond donors (Lipinski definition) is 1. The third kappa shape index (κ3) is 4.72. The van der Waals surface area contributed by atoms with Crippen LogP contribution in [0.3, 0.4) is 0 Å². The van der Waals surface area contributed by atoms with Crippen LogP contribution in [0.25, 0.3) is 16.9 Å². The number of rotatable bonds is 7. The van der Waals surface area contributed by atoms with Crippen molar-refractivity contribution in [2.45, 2.75) is 53.6 Å². The lowest BCUT2D eigenvalue weighted by molar-refractivity contribution is -0.121. The van der Waals surface area contributed by atoms with E-state index in [1.54, 1.807) is 9.25 Å². The fourth-order valence-corrected chi connectivity index (χ4v) is 3.86. The van der Waals surface area contributed by atoms with Gasteiger partial charge in [-0.25, -0.2) is 9.67 Å². The fourth-order valence-electron chi connectivity index (χ4n) is 3.86. The molecule has 33 heavy (non-hydrogen) atoms. The van der Waals surface area contributed by atoms with Crippen molar-refractivity contribution in [2.75, 3.05) is 0 Å². The summed E-state index contributed by atoms with van der Waals surface area (Å²) in [6.45, 7) is 8.84. The number of nitrogens with one attached hydrogen (secondary N) is 1. The number of aromatic nitrogens is 4. The summed E-state index contributed by atoms with van der Waals surface area (Å²) in [4.78, 5) is 30.3. The van der Waals surface area contributed by atoms with Gasteiger partial charge in [-0.2, -0.15) is 5.10 Å². The van der Waals surface area contributed by atoms with Gasteiger partial charge in [0.05, 0.1) is 11.4 Å². The van der Waals surface area contributed by atoms with Gasteiger partial charge in [0, 0.05) is 25.9 Å². The number of aryl methyl sites for hydroxylation is 5. The number of carbonyl (C=O) groups excluding carboxylic acids is 1. The molecule has 7 heteroatoms. The third-order valence-corrected chi connectivity index (χ3v) is 5.79. The van der Waals surface area contributed by atoms with Crippen molar-refractivity contribution in [3.05, 3.63) is 87.0 Å². The van der Waals surface area contributed by atoms with Crippen molar-refractivity contribution in [2.24, 2.45) is 0 Å². The lowest BCUT2D eigenvalue weighted by Gasteiger charge is -2.11. The van der Waals surface area contributed by atoms with E-state index in [0.717, 1.165) is 22.5 Å². The lowest BCUT2D eigenvalue weighted by Crippen LogP contribution is -2.28. The van der Waals surface area contributed by atoms with Gasteiger partial charge in [0.15, 0.2) is 5.65 Å². The largest absolute Gasteiger partial charge is 0.352 e. The van der Waals surface area contributed by atoms with E-state index in [4.69, 9.17) is 0 Å². The van der Waals surface area contributed by atoms with E-state index in [-0.39, 0.29) is 24.3 Å². The van der Waals surface area contributed by atoms with Crippen LogP contribution < -0.4 is 10.9 Å². The Labute approximate surface area is 193 Å². The topological polar surface area (TPSA) is 81.8 Å². The van der Waals surface area contributed by atoms with Gasteiger partial charge in [0.25, 0.3) is 5.56 Å². The highest BCUT2D eigenvalue weighted by Crippen LogP contribution is 2.20. The van der Waals surface area contributed by atoms with Gasteiger partial charge in [-0.1, -0.05) is 47.5 Å². The number of fused-ring (bicyclic) bond motifs is 1. The molecule has 2 aromatic carbocycles. The van der Waals surface area contributed by atoms with Gasteiger partial charge in [-0.15, -0.1) is 0 Å². The molecule has 4 aromatic rings. The standard InChI is InChI=1S/C26H29N5O2/c1-5-30-25-24(19(4)29-31(25)21-12-8-18(3)9-13-21)28-22(26(30)33)14-15-23(32)27-16-20-10-6-17(2)7-11-20/h6-13H,5,14-16H2,1-4H3,(H,27,32). The molecule has 4 rings (SSSR count). The highest BCUT2D eigenvalue weighted by molar-refractivity contribution is 5.77. The van der Waals surface area contributed by atoms with Gasteiger partial charge < -0.3 is 5.32 Å². The Morgan fingerprint density at radius 1 is 0.970 bits per heavy atom. The van der Waals surface area contributed by atoms with Gasteiger partial charge in [0.2, 0.25) is 5.91 Å². The number of benzene rings is 2. The van der Waals surface area contributed by atoms with Crippen LogP contribution >= 0.6 is 0 Å². The summed E-state index contributed by atoms with van der Waals surface area (Å²) in [7, 11) is 0. The molecule has 0 unspecified atom stereocenters. The zero-order valence-corrected chi connectivity index (χ0v) is 19.6. The van der Waals surface area contributed by atoms with Crippen molar-refractivity contribution in [3.8, 4) is 5.69 Å². The first-order chi connectivity index (χ1) is 15.9. The molecule has 7 nitrogen and oxygen atoms in total. The Bertz CT molecular complexity index is 1350. The summed E-state index contributed by atoms with van der Waals surface area (Å²) in [6, 6.07) is 16.0. The molecule has 0 radical (unpaired) electrons. The summed E-state index contributed by atoms with van der Waals surface area (Å²) in [6.07, 6.45) is 0.484. The van der Waals surface area contributed by atoms with Crippen LogP contribution in [0.1, 0.15) is 41.4 Å². The first-order valence-corrected chi connectivity index (χ1v) is 11.3. The molecular weight excluding hydrogens is 414 g/mol. The predicted molar refractivity (Wildman–Crippen MR) is 130 cm³/mol. The molecule has 0 fully saturated rings. The molecule has 0 saturated carbocycles. The van der Waals surface area contributed by atoms with E-state index >= 15 is 0 Å². The smallest absolute Gasteiger partial charge is 0.273 e. The monoisotopic (exact) mass is 443 g/mol. The Hall–Kier alpha value is -3.74. The summed E-state index contributed by atoms with van der Waals surface area (Å²) in [5.41, 5.74) is 6.58. The highest BCUT2D eigenvalue weighted by atomic mass is 16.1. The molecule has 0 atom stereocenters. The third-order valence-electron chi connectivity index (χ3n) is 5.79. The van der Waals surface area contributed by atoms with Crippen LogP contribution in [-0.4, -0.2) is 25.2 Å². The second kappa shape index (κ2) is 9.40. The van der Waals surface area contributed by atoms with Gasteiger partial charge >= 0.3 is 0 Å². The van der Waals surface area contributed by atoms with Crippen molar-refractivity contribution in [3.63, 3.8) is 0 Å². The van der Waals surface area contributed by atoms with E-state index in [9.17, 15) is 9.59 Å². The molecule has 0 aliphatic rings. The summed E-state index contributed by atoms with van der Waals surface area (Å²) < 4.78 is 3.47. The highest BCUT2D eigenvalue weighted by Gasteiger charge is 2.19. The average molecular weight is 444 g/mol. The summed E-state index contributed by atoms with van der Waals surface area (Å²) >= 11 is 0. The molecule has 2 aromatic heterocycles. The predicted octanol–water partition coefficient (Wildman–Crippen LogP) is 3.78. The maximum absolute atomic E-state index is 13.2. The van der Waals surface area contributed by atoms with Crippen LogP contribution in [0.4, 0.5) is 0 Å². The van der Waals surface area contributed by atoms with Crippen LogP contribution in [0.2, 0.25) is 0 Å².